The molecule has 1 aromatic carbocycles. The zero-order valence-electron chi connectivity index (χ0n) is 21.7. The Morgan fingerprint density at radius 1 is 1.08 bits per heavy atom. The summed E-state index contributed by atoms with van der Waals surface area (Å²) in [4.78, 5) is 32.0. The van der Waals surface area contributed by atoms with Crippen LogP contribution < -0.4 is 4.72 Å². The number of Topliss-reactive ketones (excluding diaryl/α,β-unsaturated/α-hetero) is 1. The van der Waals surface area contributed by atoms with E-state index in [0.717, 1.165) is 38.4 Å². The number of hydrogen-bond acceptors (Lipinski definition) is 6. The van der Waals surface area contributed by atoms with Crippen LogP contribution in [0, 0.1) is 0 Å². The molecule has 0 atom stereocenters. The maximum Gasteiger partial charge on any atom is 0.321 e. The second-order valence-corrected chi connectivity index (χ2v) is 13.1. The molecule has 3 aliphatic rings. The highest BCUT2D eigenvalue weighted by atomic mass is 32.2. The number of rotatable bonds is 10. The molecular weight excluding hydrogens is 480 g/mol. The molecule has 0 bridgehead atoms. The summed E-state index contributed by atoms with van der Waals surface area (Å²) in [5.74, 6) is -0.179. The molecular formula is C26H40N4O5S. The molecule has 2 aliphatic carbocycles. The van der Waals surface area contributed by atoms with Crippen molar-refractivity contribution >= 4 is 21.8 Å². The number of aliphatic hydroxyl groups is 1. The number of sulfonamides is 1. The first-order valence-electron chi connectivity index (χ1n) is 12.9. The number of nitrogens with one attached hydrogen (secondary N) is 1. The topological polar surface area (TPSA) is 110 Å². The van der Waals surface area contributed by atoms with Crippen LogP contribution in [0.2, 0.25) is 0 Å². The smallest absolute Gasteiger partial charge is 0.321 e. The van der Waals surface area contributed by atoms with Gasteiger partial charge in [0.05, 0.1) is 30.5 Å². The largest absolute Gasteiger partial charge is 0.388 e. The van der Waals surface area contributed by atoms with Crippen molar-refractivity contribution in [1.29, 1.82) is 0 Å². The van der Waals surface area contributed by atoms with E-state index in [1.165, 1.54) is 5.56 Å². The van der Waals surface area contributed by atoms with Crippen molar-refractivity contribution in [1.82, 2.24) is 19.4 Å². The van der Waals surface area contributed by atoms with E-state index < -0.39 is 21.2 Å². The summed E-state index contributed by atoms with van der Waals surface area (Å²) < 4.78 is 24.9. The minimum Gasteiger partial charge on any atom is -0.388 e. The summed E-state index contributed by atoms with van der Waals surface area (Å²) in [6.07, 6.45) is 6.72. The van der Waals surface area contributed by atoms with Crippen LogP contribution in [0.5, 0.6) is 0 Å². The Hall–Kier alpha value is -2.01. The third kappa shape index (κ3) is 5.46. The first kappa shape index (κ1) is 27.0. The number of β-amino-alcohol motifs (C(OH)–C–C–N with tert-alkyl or cyclic N) is 1. The molecule has 36 heavy (non-hydrogen) atoms. The third-order valence-corrected chi connectivity index (χ3v) is 9.33. The molecule has 9 nitrogen and oxygen atoms in total. The predicted octanol–water partition coefficient (Wildman–Crippen LogP) is 1.92. The molecule has 1 aromatic rings. The molecule has 1 saturated heterocycles. The lowest BCUT2D eigenvalue weighted by Gasteiger charge is -2.52. The van der Waals surface area contributed by atoms with Crippen LogP contribution in [0.15, 0.2) is 30.3 Å². The van der Waals surface area contributed by atoms with Crippen LogP contribution in [0.1, 0.15) is 56.9 Å². The zero-order chi connectivity index (χ0) is 26.2. The van der Waals surface area contributed by atoms with Crippen LogP contribution in [-0.2, 0) is 20.4 Å². The lowest BCUT2D eigenvalue weighted by atomic mass is 9.67. The number of ketones is 1. The molecule has 1 heterocycles. The van der Waals surface area contributed by atoms with Crippen LogP contribution in [0.25, 0.3) is 0 Å². The highest BCUT2D eigenvalue weighted by Crippen LogP contribution is 2.50. The highest BCUT2D eigenvalue weighted by molar-refractivity contribution is 7.88. The van der Waals surface area contributed by atoms with Crippen molar-refractivity contribution in [2.75, 3.05) is 46.5 Å². The van der Waals surface area contributed by atoms with Crippen molar-refractivity contribution in [3.8, 4) is 0 Å². The van der Waals surface area contributed by atoms with Gasteiger partial charge >= 0.3 is 6.03 Å². The summed E-state index contributed by atoms with van der Waals surface area (Å²) in [5.41, 5.74) is -0.141. The number of carbonyl (C=O) groups is 2. The normalized spacial score (nSPS) is 28.1. The first-order valence-corrected chi connectivity index (χ1v) is 14.8. The number of nitrogens with zero attached hydrogens (tertiary/aromatic N) is 3. The Labute approximate surface area is 214 Å². The standard InChI is InChI=1S/C26H40N4O5S/c1-28(2)26(21-8-5-4-6-9-21)15-13-24(14-16-26)19-29(18-22(31)10-17-27-36(3,34)35)23(32)30(24)20-25(33)11-7-12-25/h4-6,8-9,27,33H,7,10-20H2,1-3H3. The van der Waals surface area contributed by atoms with Gasteiger partial charge in [-0.2, -0.15) is 0 Å². The quantitative estimate of drug-likeness (QED) is 0.488. The van der Waals surface area contributed by atoms with Gasteiger partial charge in [-0.15, -0.1) is 0 Å². The molecule has 200 valence electrons. The van der Waals surface area contributed by atoms with Gasteiger partial charge in [0.15, 0.2) is 5.78 Å². The maximum absolute atomic E-state index is 13.6. The second kappa shape index (κ2) is 10.0. The SMILES string of the molecule is CN(C)C1(c2ccccc2)CCC2(CC1)CN(CC(=O)CCNS(C)(=O)=O)C(=O)N2CC1(O)CCC1. The molecule has 1 spiro atoms. The van der Waals surface area contributed by atoms with Crippen LogP contribution in [0.4, 0.5) is 4.79 Å². The minimum absolute atomic E-state index is 0.0245. The molecule has 2 N–H and O–H groups in total. The van der Waals surface area contributed by atoms with Crippen molar-refractivity contribution in [3.05, 3.63) is 35.9 Å². The van der Waals surface area contributed by atoms with E-state index in [0.29, 0.717) is 25.9 Å². The molecule has 1 aliphatic heterocycles. The number of carbonyl (C=O) groups excluding carboxylic acids is 2. The molecule has 10 heteroatoms. The van der Waals surface area contributed by atoms with Crippen molar-refractivity contribution in [2.45, 2.75) is 68.0 Å². The Balaban J connectivity index is 1.52. The Morgan fingerprint density at radius 3 is 2.25 bits per heavy atom. The summed E-state index contributed by atoms with van der Waals surface area (Å²) >= 11 is 0. The fraction of sp³-hybridized carbons (Fsp3) is 0.692. The number of urea groups is 1. The van der Waals surface area contributed by atoms with E-state index in [1.54, 1.807) is 4.90 Å². The van der Waals surface area contributed by atoms with E-state index in [4.69, 9.17) is 0 Å². The highest BCUT2D eigenvalue weighted by Gasteiger charge is 2.56. The van der Waals surface area contributed by atoms with E-state index in [2.05, 4.69) is 48.0 Å². The Morgan fingerprint density at radius 2 is 1.72 bits per heavy atom. The Bertz CT molecular complexity index is 1060. The number of hydrogen-bond donors (Lipinski definition) is 2. The monoisotopic (exact) mass is 520 g/mol. The average molecular weight is 521 g/mol. The van der Waals surface area contributed by atoms with E-state index >= 15 is 0 Å². The molecule has 2 amide bonds. The van der Waals surface area contributed by atoms with E-state index in [1.807, 2.05) is 11.0 Å². The average Bonchev–Trinajstić information content (AvgIpc) is 3.03. The predicted molar refractivity (Wildman–Crippen MR) is 138 cm³/mol. The van der Waals surface area contributed by atoms with Gasteiger partial charge in [0.1, 0.15) is 0 Å². The lowest BCUT2D eigenvalue weighted by Crippen LogP contribution is -2.59. The van der Waals surface area contributed by atoms with E-state index in [-0.39, 0.29) is 36.9 Å². The fourth-order valence-electron chi connectivity index (χ4n) is 6.25. The molecule has 2 saturated carbocycles. The summed E-state index contributed by atoms with van der Waals surface area (Å²) in [7, 11) is 0.843. The summed E-state index contributed by atoms with van der Waals surface area (Å²) in [6.45, 7) is 0.729. The van der Waals surface area contributed by atoms with Gasteiger partial charge < -0.3 is 14.9 Å². The van der Waals surface area contributed by atoms with E-state index in [9.17, 15) is 23.1 Å². The number of amides is 2. The van der Waals surface area contributed by atoms with Gasteiger partial charge in [-0.05, 0) is 64.6 Å². The van der Waals surface area contributed by atoms with Gasteiger partial charge in [0, 0.05) is 25.0 Å². The molecule has 4 rings (SSSR count). The summed E-state index contributed by atoms with van der Waals surface area (Å²) in [6, 6.07) is 10.3. The van der Waals surface area contributed by atoms with Gasteiger partial charge in [-0.3, -0.25) is 9.69 Å². The van der Waals surface area contributed by atoms with Crippen LogP contribution >= 0.6 is 0 Å². The molecule has 0 unspecified atom stereocenters. The number of benzene rings is 1. The third-order valence-electron chi connectivity index (χ3n) is 8.61. The van der Waals surface area contributed by atoms with Crippen molar-refractivity contribution in [3.63, 3.8) is 0 Å². The fourth-order valence-corrected chi connectivity index (χ4v) is 6.72. The minimum atomic E-state index is -3.37. The van der Waals surface area contributed by atoms with Gasteiger partial charge in [0.2, 0.25) is 10.0 Å². The first-order chi connectivity index (χ1) is 16.9. The van der Waals surface area contributed by atoms with Crippen molar-refractivity contribution in [2.24, 2.45) is 0 Å². The zero-order valence-corrected chi connectivity index (χ0v) is 22.5. The summed E-state index contributed by atoms with van der Waals surface area (Å²) in [5, 5.41) is 11.0. The molecule has 0 radical (unpaired) electrons. The second-order valence-electron chi connectivity index (χ2n) is 11.3. The Kier molecular flexibility index (Phi) is 7.54. The van der Waals surface area contributed by atoms with Crippen LogP contribution in [0.3, 0.4) is 0 Å². The van der Waals surface area contributed by atoms with Gasteiger partial charge in [-0.1, -0.05) is 30.3 Å². The molecule has 0 aromatic heterocycles. The lowest BCUT2D eigenvalue weighted by molar-refractivity contribution is -0.119. The van der Waals surface area contributed by atoms with Crippen molar-refractivity contribution < 1.29 is 23.1 Å². The van der Waals surface area contributed by atoms with Gasteiger partial charge in [0.25, 0.3) is 0 Å². The van der Waals surface area contributed by atoms with Gasteiger partial charge in [-0.25, -0.2) is 17.9 Å². The van der Waals surface area contributed by atoms with Crippen LogP contribution in [-0.4, -0.2) is 97.7 Å². The maximum atomic E-state index is 13.6. The molecule has 3 fully saturated rings.